The predicted octanol–water partition coefficient (Wildman–Crippen LogP) is 2.10. The van der Waals surface area contributed by atoms with Gasteiger partial charge in [0, 0.05) is 11.4 Å². The minimum atomic E-state index is -4.48. The molecule has 0 aliphatic carbocycles. The van der Waals surface area contributed by atoms with Crippen molar-refractivity contribution in [1.29, 1.82) is 0 Å². The first-order chi connectivity index (χ1) is 11.4. The van der Waals surface area contributed by atoms with Crippen molar-refractivity contribution in [3.05, 3.63) is 28.5 Å². The molecule has 0 unspecified atom stereocenters. The first-order valence-electron chi connectivity index (χ1n) is 7.30. The molecule has 3 heterocycles. The Morgan fingerprint density at radius 3 is 2.54 bits per heavy atom. The second-order valence-corrected chi connectivity index (χ2v) is 6.18. The van der Waals surface area contributed by atoms with Crippen LogP contribution in [0.15, 0.2) is 17.8 Å². The molecule has 24 heavy (non-hydrogen) atoms. The summed E-state index contributed by atoms with van der Waals surface area (Å²) in [6, 6.07) is 0.0908. The van der Waals surface area contributed by atoms with E-state index in [0.29, 0.717) is 11.3 Å². The predicted molar refractivity (Wildman–Crippen MR) is 81.5 cm³/mol. The van der Waals surface area contributed by atoms with E-state index in [1.165, 1.54) is 17.8 Å². The maximum atomic E-state index is 12.6. The highest BCUT2D eigenvalue weighted by Crippen LogP contribution is 2.33. The molecule has 1 aliphatic heterocycles. The Labute approximate surface area is 139 Å². The lowest BCUT2D eigenvalue weighted by molar-refractivity contribution is -0.137. The van der Waals surface area contributed by atoms with Crippen LogP contribution in [0.1, 0.15) is 28.3 Å². The number of rotatable bonds is 3. The van der Waals surface area contributed by atoms with E-state index in [9.17, 15) is 18.0 Å². The largest absolute Gasteiger partial charge is 0.443 e. The first-order valence-corrected chi connectivity index (χ1v) is 8.18. The van der Waals surface area contributed by atoms with E-state index >= 15 is 0 Å². The summed E-state index contributed by atoms with van der Waals surface area (Å²) in [5, 5.41) is 6.40. The van der Waals surface area contributed by atoms with Crippen LogP contribution in [0.5, 0.6) is 0 Å². The average Bonchev–Trinajstić information content (AvgIpc) is 3.06. The number of thiazole rings is 1. The molecule has 0 radical (unpaired) electrons. The summed E-state index contributed by atoms with van der Waals surface area (Å²) >= 11 is 0.496. The molecule has 1 amide bonds. The van der Waals surface area contributed by atoms with Crippen LogP contribution in [0.25, 0.3) is 11.4 Å². The minimum Gasteiger partial charge on any atom is -0.348 e. The van der Waals surface area contributed by atoms with Crippen LogP contribution in [0.2, 0.25) is 0 Å². The van der Waals surface area contributed by atoms with Gasteiger partial charge < -0.3 is 10.6 Å². The molecule has 10 heteroatoms. The number of halogens is 3. The third-order valence-corrected chi connectivity index (χ3v) is 4.46. The van der Waals surface area contributed by atoms with Gasteiger partial charge in [-0.2, -0.15) is 13.2 Å². The van der Waals surface area contributed by atoms with Crippen molar-refractivity contribution >= 4 is 17.2 Å². The number of amides is 1. The number of piperidine rings is 1. The SMILES string of the molecule is O=C(NC1CCNCC1)c1cnc(-c2csc(C(F)(F)F)n2)cn1. The van der Waals surface area contributed by atoms with Crippen LogP contribution in [-0.2, 0) is 6.18 Å². The molecular formula is C14H14F3N5OS. The van der Waals surface area contributed by atoms with Crippen LogP contribution in [0, 0.1) is 0 Å². The molecule has 0 spiro atoms. The van der Waals surface area contributed by atoms with Gasteiger partial charge in [0.1, 0.15) is 17.1 Å². The molecule has 1 fully saturated rings. The lowest BCUT2D eigenvalue weighted by Crippen LogP contribution is -2.42. The normalized spacial score (nSPS) is 16.1. The van der Waals surface area contributed by atoms with Crippen molar-refractivity contribution in [2.75, 3.05) is 13.1 Å². The molecule has 0 atom stereocenters. The standard InChI is InChI=1S/C14H14F3N5OS/c15-14(16,17)13-22-11(7-24-13)9-5-20-10(6-19-9)12(23)21-8-1-3-18-4-2-8/h5-8,18H,1-4H2,(H,21,23). The maximum Gasteiger partial charge on any atom is 0.443 e. The summed E-state index contributed by atoms with van der Waals surface area (Å²) in [5.41, 5.74) is 0.411. The third-order valence-electron chi connectivity index (χ3n) is 3.57. The van der Waals surface area contributed by atoms with Gasteiger partial charge in [0.2, 0.25) is 0 Å². The lowest BCUT2D eigenvalue weighted by Gasteiger charge is -2.23. The van der Waals surface area contributed by atoms with Crippen molar-refractivity contribution in [1.82, 2.24) is 25.6 Å². The van der Waals surface area contributed by atoms with Gasteiger partial charge in [0.05, 0.1) is 12.4 Å². The topological polar surface area (TPSA) is 79.8 Å². The Balaban J connectivity index is 1.68. The molecule has 2 aromatic heterocycles. The number of hydrogen-bond donors (Lipinski definition) is 2. The number of alkyl halides is 3. The fraction of sp³-hybridized carbons (Fsp3) is 0.429. The van der Waals surface area contributed by atoms with Gasteiger partial charge in [-0.05, 0) is 25.9 Å². The summed E-state index contributed by atoms with van der Waals surface area (Å²) in [4.78, 5) is 23.6. The highest BCUT2D eigenvalue weighted by atomic mass is 32.1. The Bertz CT molecular complexity index is 710. The molecule has 1 saturated heterocycles. The average molecular weight is 357 g/mol. The third kappa shape index (κ3) is 3.88. The lowest BCUT2D eigenvalue weighted by atomic mass is 10.1. The summed E-state index contributed by atoms with van der Waals surface area (Å²) in [5.74, 6) is -0.338. The summed E-state index contributed by atoms with van der Waals surface area (Å²) in [6.07, 6.45) is -0.289. The maximum absolute atomic E-state index is 12.6. The van der Waals surface area contributed by atoms with Gasteiger partial charge in [-0.3, -0.25) is 9.78 Å². The van der Waals surface area contributed by atoms with E-state index in [4.69, 9.17) is 0 Å². The molecule has 2 aromatic rings. The Morgan fingerprint density at radius 1 is 1.21 bits per heavy atom. The molecule has 128 valence electrons. The van der Waals surface area contributed by atoms with E-state index < -0.39 is 11.2 Å². The number of hydrogen-bond acceptors (Lipinski definition) is 6. The van der Waals surface area contributed by atoms with Crippen molar-refractivity contribution in [2.45, 2.75) is 25.1 Å². The van der Waals surface area contributed by atoms with Crippen LogP contribution in [0.4, 0.5) is 13.2 Å². The van der Waals surface area contributed by atoms with Crippen molar-refractivity contribution < 1.29 is 18.0 Å². The van der Waals surface area contributed by atoms with E-state index in [-0.39, 0.29) is 29.0 Å². The molecule has 3 rings (SSSR count). The van der Waals surface area contributed by atoms with Crippen LogP contribution >= 0.6 is 11.3 Å². The molecule has 6 nitrogen and oxygen atoms in total. The van der Waals surface area contributed by atoms with Gasteiger partial charge in [-0.1, -0.05) is 0 Å². The van der Waals surface area contributed by atoms with Crippen LogP contribution < -0.4 is 10.6 Å². The monoisotopic (exact) mass is 357 g/mol. The summed E-state index contributed by atoms with van der Waals surface area (Å²) < 4.78 is 37.7. The van der Waals surface area contributed by atoms with Gasteiger partial charge >= 0.3 is 6.18 Å². The van der Waals surface area contributed by atoms with Crippen molar-refractivity contribution in [3.63, 3.8) is 0 Å². The highest BCUT2D eigenvalue weighted by molar-refractivity contribution is 7.10. The summed E-state index contributed by atoms with van der Waals surface area (Å²) in [7, 11) is 0. The van der Waals surface area contributed by atoms with Gasteiger partial charge in [-0.15, -0.1) is 11.3 Å². The first kappa shape index (κ1) is 16.8. The zero-order chi connectivity index (χ0) is 17.2. The Morgan fingerprint density at radius 2 is 1.96 bits per heavy atom. The van der Waals surface area contributed by atoms with E-state index in [2.05, 4.69) is 25.6 Å². The van der Waals surface area contributed by atoms with Crippen molar-refractivity contribution in [2.24, 2.45) is 0 Å². The second-order valence-electron chi connectivity index (χ2n) is 5.32. The smallest absolute Gasteiger partial charge is 0.348 e. The number of nitrogens with one attached hydrogen (secondary N) is 2. The van der Waals surface area contributed by atoms with Crippen molar-refractivity contribution in [3.8, 4) is 11.4 Å². The highest BCUT2D eigenvalue weighted by Gasteiger charge is 2.34. The van der Waals surface area contributed by atoms with Gasteiger partial charge in [-0.25, -0.2) is 9.97 Å². The molecule has 0 bridgehead atoms. The number of nitrogens with zero attached hydrogens (tertiary/aromatic N) is 3. The Kier molecular flexibility index (Phi) is 4.76. The molecule has 0 aromatic carbocycles. The number of carbonyl (C=O) groups excluding carboxylic acids is 1. The second kappa shape index (κ2) is 6.81. The summed E-state index contributed by atoms with van der Waals surface area (Å²) in [6.45, 7) is 1.70. The van der Waals surface area contributed by atoms with Crippen LogP contribution in [0.3, 0.4) is 0 Å². The molecule has 2 N–H and O–H groups in total. The number of aromatic nitrogens is 3. The molecule has 0 saturated carbocycles. The quantitative estimate of drug-likeness (QED) is 0.879. The fourth-order valence-corrected chi connectivity index (χ4v) is 3.01. The van der Waals surface area contributed by atoms with E-state index in [1.807, 2.05) is 0 Å². The molecule has 1 aliphatic rings. The fourth-order valence-electron chi connectivity index (χ4n) is 2.32. The van der Waals surface area contributed by atoms with Gasteiger partial charge in [0.15, 0.2) is 5.01 Å². The van der Waals surface area contributed by atoms with E-state index in [1.54, 1.807) is 0 Å². The minimum absolute atomic E-state index is 0.0881. The van der Waals surface area contributed by atoms with E-state index in [0.717, 1.165) is 25.9 Å². The number of carbonyl (C=O) groups is 1. The van der Waals surface area contributed by atoms with Gasteiger partial charge in [0.25, 0.3) is 5.91 Å². The van der Waals surface area contributed by atoms with Crippen LogP contribution in [-0.4, -0.2) is 40.0 Å². The molecular weight excluding hydrogens is 343 g/mol. The Hall–Kier alpha value is -2.07. The zero-order valence-corrected chi connectivity index (χ0v) is 13.2. The zero-order valence-electron chi connectivity index (χ0n) is 12.4.